The van der Waals surface area contributed by atoms with Crippen molar-refractivity contribution < 1.29 is 4.79 Å². The lowest BCUT2D eigenvalue weighted by Gasteiger charge is -2.20. The number of hydrogen-bond acceptors (Lipinski definition) is 5. The first-order valence-corrected chi connectivity index (χ1v) is 6.71. The summed E-state index contributed by atoms with van der Waals surface area (Å²) in [5, 5.41) is 17.0. The van der Waals surface area contributed by atoms with Crippen molar-refractivity contribution in [2.24, 2.45) is 5.73 Å². The van der Waals surface area contributed by atoms with E-state index >= 15 is 0 Å². The van der Waals surface area contributed by atoms with Crippen molar-refractivity contribution in [3.8, 4) is 12.1 Å². The van der Waals surface area contributed by atoms with Gasteiger partial charge in [-0.05, 0) is 18.7 Å². The molecule has 0 aromatic rings. The Kier molecular flexibility index (Phi) is 10.4. The quantitative estimate of drug-likeness (QED) is 0.612. The topological polar surface area (TPSA) is 93.9 Å². The van der Waals surface area contributed by atoms with E-state index < -0.39 is 0 Å². The van der Waals surface area contributed by atoms with Crippen LogP contribution in [-0.2, 0) is 4.79 Å². The Morgan fingerprint density at radius 2 is 1.82 bits per heavy atom. The lowest BCUT2D eigenvalue weighted by atomic mass is 10.3. The minimum Gasteiger partial charge on any atom is -0.340 e. The molecule has 1 amide bonds. The van der Waals surface area contributed by atoms with Crippen molar-refractivity contribution >= 4 is 17.7 Å². The number of hydrogen-bond donors (Lipinski definition) is 1. The van der Waals surface area contributed by atoms with Crippen LogP contribution in [-0.4, -0.2) is 41.9 Å². The third-order valence-electron chi connectivity index (χ3n) is 2.06. The van der Waals surface area contributed by atoms with Gasteiger partial charge in [-0.2, -0.15) is 22.3 Å². The molecule has 0 aliphatic carbocycles. The van der Waals surface area contributed by atoms with E-state index in [0.717, 1.165) is 12.2 Å². The van der Waals surface area contributed by atoms with Crippen LogP contribution in [0.4, 0.5) is 0 Å². The molecule has 0 aromatic heterocycles. The summed E-state index contributed by atoms with van der Waals surface area (Å²) in [6.45, 7) is 1.46. The molecule has 0 atom stereocenters. The van der Waals surface area contributed by atoms with E-state index in [2.05, 4.69) is 0 Å². The molecule has 2 N–H and O–H groups in total. The van der Waals surface area contributed by atoms with Crippen LogP contribution in [0.2, 0.25) is 0 Å². The summed E-state index contributed by atoms with van der Waals surface area (Å²) in [5.74, 6) is 1.27. The van der Waals surface area contributed by atoms with Gasteiger partial charge in [0.25, 0.3) is 0 Å². The van der Waals surface area contributed by atoms with Gasteiger partial charge in [-0.3, -0.25) is 4.79 Å². The van der Waals surface area contributed by atoms with Crippen molar-refractivity contribution in [3.05, 3.63) is 0 Å². The molecule has 5 nitrogen and oxygen atoms in total. The molecule has 94 valence electrons. The highest BCUT2D eigenvalue weighted by atomic mass is 32.2. The number of nitrogens with two attached hydrogens (primary N) is 1. The molecule has 0 heterocycles. The van der Waals surface area contributed by atoms with Gasteiger partial charge < -0.3 is 10.6 Å². The zero-order valence-electron chi connectivity index (χ0n) is 9.89. The summed E-state index contributed by atoms with van der Waals surface area (Å²) in [4.78, 5) is 13.4. The molecule has 0 saturated heterocycles. The van der Waals surface area contributed by atoms with Crippen LogP contribution in [0.5, 0.6) is 0 Å². The van der Waals surface area contributed by atoms with Crippen LogP contribution >= 0.6 is 11.8 Å². The maximum atomic E-state index is 11.8. The molecule has 0 unspecified atom stereocenters. The van der Waals surface area contributed by atoms with Crippen molar-refractivity contribution in [1.82, 2.24) is 4.90 Å². The molecule has 0 aromatic carbocycles. The van der Waals surface area contributed by atoms with Crippen molar-refractivity contribution in [2.45, 2.75) is 19.3 Å². The zero-order valence-corrected chi connectivity index (χ0v) is 10.7. The predicted molar refractivity (Wildman–Crippen MR) is 68.0 cm³/mol. The smallest absolute Gasteiger partial charge is 0.232 e. The van der Waals surface area contributed by atoms with Crippen LogP contribution in [0.25, 0.3) is 0 Å². The second-order valence-electron chi connectivity index (χ2n) is 3.39. The maximum absolute atomic E-state index is 11.8. The average Bonchev–Trinajstić information content (AvgIpc) is 2.34. The second kappa shape index (κ2) is 11.3. The SMILES string of the molecule is N#CCCN(CCC#N)C(=O)CSCCCN. The Balaban J connectivity index is 3.95. The highest BCUT2D eigenvalue weighted by Crippen LogP contribution is 2.05. The standard InChI is InChI=1S/C11H18N4OS/c12-4-1-7-15(8-2-5-13)11(16)10-17-9-3-6-14/h1-3,6-10,14H2. The molecule has 0 bridgehead atoms. The zero-order chi connectivity index (χ0) is 12.9. The number of thioether (sulfide) groups is 1. The Bertz CT molecular complexity index is 277. The fourth-order valence-corrected chi connectivity index (χ4v) is 2.04. The molecule has 0 radical (unpaired) electrons. The number of carbonyl (C=O) groups is 1. The van der Waals surface area contributed by atoms with E-state index in [9.17, 15) is 4.79 Å². The van der Waals surface area contributed by atoms with Crippen LogP contribution in [0, 0.1) is 22.7 Å². The van der Waals surface area contributed by atoms with Gasteiger partial charge in [-0.1, -0.05) is 0 Å². The third kappa shape index (κ3) is 8.56. The van der Waals surface area contributed by atoms with Gasteiger partial charge in [0.15, 0.2) is 0 Å². The van der Waals surface area contributed by atoms with E-state index in [-0.39, 0.29) is 5.91 Å². The Morgan fingerprint density at radius 3 is 2.29 bits per heavy atom. The molecule has 0 rings (SSSR count). The van der Waals surface area contributed by atoms with Gasteiger partial charge in [0.2, 0.25) is 5.91 Å². The molecular formula is C11H18N4OS. The summed E-state index contributed by atoms with van der Waals surface area (Å²) in [6, 6.07) is 4.01. The normalized spacial score (nSPS) is 9.35. The van der Waals surface area contributed by atoms with E-state index in [4.69, 9.17) is 16.3 Å². The van der Waals surface area contributed by atoms with Crippen molar-refractivity contribution in [2.75, 3.05) is 31.1 Å². The van der Waals surface area contributed by atoms with Gasteiger partial charge in [0.05, 0.1) is 30.7 Å². The molecule has 0 fully saturated rings. The first-order chi connectivity index (χ1) is 8.26. The van der Waals surface area contributed by atoms with Gasteiger partial charge in [0, 0.05) is 13.1 Å². The lowest BCUT2D eigenvalue weighted by Crippen LogP contribution is -2.34. The minimum atomic E-state index is -0.00229. The fourth-order valence-electron chi connectivity index (χ4n) is 1.17. The first-order valence-electron chi connectivity index (χ1n) is 5.55. The van der Waals surface area contributed by atoms with Crippen LogP contribution in [0.3, 0.4) is 0 Å². The number of amides is 1. The molecule has 17 heavy (non-hydrogen) atoms. The maximum Gasteiger partial charge on any atom is 0.232 e. The molecule has 0 aliphatic rings. The molecule has 6 heteroatoms. The van der Waals surface area contributed by atoms with Crippen molar-refractivity contribution in [3.63, 3.8) is 0 Å². The number of nitriles is 2. The van der Waals surface area contributed by atoms with E-state index in [0.29, 0.717) is 38.2 Å². The molecule has 0 saturated carbocycles. The molecule has 0 aliphatic heterocycles. The van der Waals surface area contributed by atoms with E-state index in [1.165, 1.54) is 0 Å². The largest absolute Gasteiger partial charge is 0.340 e. The van der Waals surface area contributed by atoms with E-state index in [1.807, 2.05) is 12.1 Å². The summed E-state index contributed by atoms with van der Waals surface area (Å²) < 4.78 is 0. The molecule has 0 spiro atoms. The molecular weight excluding hydrogens is 236 g/mol. The summed E-state index contributed by atoms with van der Waals surface area (Å²) in [7, 11) is 0. The fraction of sp³-hybridized carbons (Fsp3) is 0.727. The van der Waals surface area contributed by atoms with Crippen molar-refractivity contribution in [1.29, 1.82) is 10.5 Å². The third-order valence-corrected chi connectivity index (χ3v) is 3.09. The summed E-state index contributed by atoms with van der Waals surface area (Å²) in [5.41, 5.74) is 5.36. The van der Waals surface area contributed by atoms with Crippen LogP contribution in [0.15, 0.2) is 0 Å². The second-order valence-corrected chi connectivity index (χ2v) is 4.50. The number of carbonyl (C=O) groups excluding carboxylic acids is 1. The number of rotatable bonds is 9. The monoisotopic (exact) mass is 254 g/mol. The van der Waals surface area contributed by atoms with Crippen LogP contribution < -0.4 is 5.73 Å². The summed E-state index contributed by atoms with van der Waals surface area (Å²) >= 11 is 1.54. The van der Waals surface area contributed by atoms with Gasteiger partial charge in [0.1, 0.15) is 0 Å². The first kappa shape index (κ1) is 15.8. The Morgan fingerprint density at radius 1 is 1.24 bits per heavy atom. The van der Waals surface area contributed by atoms with E-state index in [1.54, 1.807) is 16.7 Å². The summed E-state index contributed by atoms with van der Waals surface area (Å²) in [6.07, 6.45) is 1.52. The van der Waals surface area contributed by atoms with Gasteiger partial charge in [-0.15, -0.1) is 0 Å². The van der Waals surface area contributed by atoms with Gasteiger partial charge in [-0.25, -0.2) is 0 Å². The Hall–Kier alpha value is -1.24. The predicted octanol–water partition coefficient (Wildman–Crippen LogP) is 0.724. The minimum absolute atomic E-state index is 0.00229. The highest BCUT2D eigenvalue weighted by Gasteiger charge is 2.12. The highest BCUT2D eigenvalue weighted by molar-refractivity contribution is 7.99. The lowest BCUT2D eigenvalue weighted by molar-refractivity contribution is -0.128. The van der Waals surface area contributed by atoms with Gasteiger partial charge >= 0.3 is 0 Å². The average molecular weight is 254 g/mol. The number of nitrogens with zero attached hydrogens (tertiary/aromatic N) is 3. The van der Waals surface area contributed by atoms with Crippen LogP contribution in [0.1, 0.15) is 19.3 Å². The Labute approximate surface area is 107 Å².